The van der Waals surface area contributed by atoms with Crippen LogP contribution in [-0.2, 0) is 0 Å². The summed E-state index contributed by atoms with van der Waals surface area (Å²) in [5.41, 5.74) is 6.30. The Hall–Kier alpha value is -2.24. The van der Waals surface area contributed by atoms with Gasteiger partial charge in [0.2, 0.25) is 5.95 Å². The van der Waals surface area contributed by atoms with Crippen LogP contribution in [0.2, 0.25) is 0 Å². The molecule has 6 nitrogen and oxygen atoms in total. The number of benzene rings is 1. The number of anilines is 1. The molecule has 0 aliphatic carbocycles. The molecule has 0 saturated heterocycles. The number of rotatable bonds is 4. The van der Waals surface area contributed by atoms with Gasteiger partial charge >= 0.3 is 0 Å². The van der Waals surface area contributed by atoms with Crippen LogP contribution in [0.4, 0.5) is 5.95 Å². The smallest absolute Gasteiger partial charge is 0.239 e. The molecule has 2 rings (SSSR count). The molecule has 3 N–H and O–H groups in total. The zero-order valence-corrected chi connectivity index (χ0v) is 9.73. The third kappa shape index (κ3) is 2.30. The van der Waals surface area contributed by atoms with Gasteiger partial charge in [-0.1, -0.05) is 0 Å². The van der Waals surface area contributed by atoms with Crippen molar-refractivity contribution >= 4 is 5.95 Å². The van der Waals surface area contributed by atoms with Gasteiger partial charge in [0.15, 0.2) is 17.3 Å². The summed E-state index contributed by atoms with van der Waals surface area (Å²) < 4.78 is 10.7. The Morgan fingerprint density at radius 1 is 1.35 bits per heavy atom. The van der Waals surface area contributed by atoms with Gasteiger partial charge in [0.05, 0.1) is 13.7 Å². The van der Waals surface area contributed by atoms with Gasteiger partial charge < -0.3 is 15.2 Å². The minimum Gasteiger partial charge on any atom is -0.493 e. The van der Waals surface area contributed by atoms with E-state index in [0.717, 1.165) is 5.56 Å². The molecule has 0 spiro atoms. The van der Waals surface area contributed by atoms with Gasteiger partial charge in [0, 0.05) is 5.56 Å². The first kappa shape index (κ1) is 11.3. The van der Waals surface area contributed by atoms with Crippen molar-refractivity contribution in [1.29, 1.82) is 0 Å². The molecule has 0 atom stereocenters. The fourth-order valence-corrected chi connectivity index (χ4v) is 1.49. The summed E-state index contributed by atoms with van der Waals surface area (Å²) in [5.74, 6) is 2.17. The Kier molecular flexibility index (Phi) is 3.13. The van der Waals surface area contributed by atoms with Crippen LogP contribution in [0.1, 0.15) is 6.92 Å². The minimum atomic E-state index is 0.216. The maximum atomic E-state index is 5.45. The van der Waals surface area contributed by atoms with Crippen LogP contribution in [0.25, 0.3) is 11.4 Å². The van der Waals surface area contributed by atoms with Crippen molar-refractivity contribution < 1.29 is 9.47 Å². The number of hydrogen-bond acceptors (Lipinski definition) is 5. The van der Waals surface area contributed by atoms with E-state index in [2.05, 4.69) is 15.2 Å². The molecule has 0 fully saturated rings. The van der Waals surface area contributed by atoms with Crippen LogP contribution in [-0.4, -0.2) is 28.9 Å². The first-order valence-electron chi connectivity index (χ1n) is 5.23. The maximum Gasteiger partial charge on any atom is 0.239 e. The number of hydrogen-bond donors (Lipinski definition) is 2. The summed E-state index contributed by atoms with van der Waals surface area (Å²) in [6.07, 6.45) is 0. The summed E-state index contributed by atoms with van der Waals surface area (Å²) in [5, 5.41) is 6.52. The third-order valence-electron chi connectivity index (χ3n) is 2.24. The summed E-state index contributed by atoms with van der Waals surface area (Å²) in [7, 11) is 1.59. The molecular formula is C11H14N4O2. The molecule has 0 aliphatic heterocycles. The number of nitrogens with zero attached hydrogens (tertiary/aromatic N) is 2. The van der Waals surface area contributed by atoms with Gasteiger partial charge in [0.1, 0.15) is 0 Å². The molecule has 1 aromatic heterocycles. The Bertz CT molecular complexity index is 510. The van der Waals surface area contributed by atoms with Crippen molar-refractivity contribution in [3.63, 3.8) is 0 Å². The second-order valence-electron chi connectivity index (χ2n) is 3.34. The predicted molar refractivity (Wildman–Crippen MR) is 64.0 cm³/mol. The van der Waals surface area contributed by atoms with Crippen molar-refractivity contribution in [2.45, 2.75) is 6.92 Å². The predicted octanol–water partition coefficient (Wildman–Crippen LogP) is 1.46. The molecule has 1 aromatic carbocycles. The first-order chi connectivity index (χ1) is 8.24. The van der Waals surface area contributed by atoms with Gasteiger partial charge in [-0.25, -0.2) is 0 Å². The van der Waals surface area contributed by atoms with Crippen molar-refractivity contribution in [2.24, 2.45) is 0 Å². The van der Waals surface area contributed by atoms with Gasteiger partial charge in [-0.15, -0.1) is 5.10 Å². The van der Waals surface area contributed by atoms with Gasteiger partial charge in [0.25, 0.3) is 0 Å². The van der Waals surface area contributed by atoms with Crippen molar-refractivity contribution in [2.75, 3.05) is 19.5 Å². The van der Waals surface area contributed by atoms with Crippen molar-refractivity contribution in [3.8, 4) is 22.9 Å². The molecule has 0 bridgehead atoms. The fourth-order valence-electron chi connectivity index (χ4n) is 1.49. The van der Waals surface area contributed by atoms with E-state index in [9.17, 15) is 0 Å². The molecule has 6 heteroatoms. The summed E-state index contributed by atoms with van der Waals surface area (Å²) in [6.45, 7) is 2.51. The molecule has 0 radical (unpaired) electrons. The number of ether oxygens (including phenoxy) is 2. The number of nitrogen functional groups attached to an aromatic ring is 1. The van der Waals surface area contributed by atoms with E-state index < -0.39 is 0 Å². The average Bonchev–Trinajstić information content (AvgIpc) is 2.77. The largest absolute Gasteiger partial charge is 0.493 e. The topological polar surface area (TPSA) is 86.0 Å². The van der Waals surface area contributed by atoms with E-state index in [1.807, 2.05) is 25.1 Å². The first-order valence-corrected chi connectivity index (χ1v) is 5.23. The lowest BCUT2D eigenvalue weighted by Crippen LogP contribution is -1.95. The molecular weight excluding hydrogens is 220 g/mol. The lowest BCUT2D eigenvalue weighted by molar-refractivity contribution is 0.311. The van der Waals surface area contributed by atoms with E-state index in [4.69, 9.17) is 15.2 Å². The second kappa shape index (κ2) is 4.73. The Labute approximate surface area is 98.8 Å². The van der Waals surface area contributed by atoms with Crippen LogP contribution in [0.15, 0.2) is 18.2 Å². The highest BCUT2D eigenvalue weighted by Crippen LogP contribution is 2.31. The molecule has 0 amide bonds. The Morgan fingerprint density at radius 2 is 2.18 bits per heavy atom. The standard InChI is InChI=1S/C11H14N4O2/c1-3-17-8-5-4-7(6-9(8)16-2)10-13-11(12)15-14-10/h4-6H,3H2,1-2H3,(H3,12,13,14,15). The minimum absolute atomic E-state index is 0.216. The van der Waals surface area contributed by atoms with Gasteiger partial charge in [-0.05, 0) is 25.1 Å². The van der Waals surface area contributed by atoms with Crippen LogP contribution in [0.5, 0.6) is 11.5 Å². The quantitative estimate of drug-likeness (QED) is 0.836. The third-order valence-corrected chi connectivity index (χ3v) is 2.24. The molecule has 0 saturated carbocycles. The van der Waals surface area contributed by atoms with E-state index >= 15 is 0 Å². The van der Waals surface area contributed by atoms with E-state index in [0.29, 0.717) is 23.9 Å². The van der Waals surface area contributed by atoms with Crippen LogP contribution < -0.4 is 15.2 Å². The van der Waals surface area contributed by atoms with Crippen molar-refractivity contribution in [3.05, 3.63) is 18.2 Å². The molecule has 90 valence electrons. The molecule has 1 heterocycles. The van der Waals surface area contributed by atoms with Crippen LogP contribution in [0, 0.1) is 0 Å². The lowest BCUT2D eigenvalue weighted by Gasteiger charge is -2.09. The number of nitrogens with two attached hydrogens (primary N) is 1. The number of nitrogens with one attached hydrogen (secondary N) is 1. The normalized spacial score (nSPS) is 10.2. The Morgan fingerprint density at radius 3 is 2.76 bits per heavy atom. The molecule has 17 heavy (non-hydrogen) atoms. The van der Waals surface area contributed by atoms with Crippen LogP contribution in [0.3, 0.4) is 0 Å². The highest BCUT2D eigenvalue weighted by Gasteiger charge is 2.09. The summed E-state index contributed by atoms with van der Waals surface area (Å²) >= 11 is 0. The van der Waals surface area contributed by atoms with E-state index in [1.165, 1.54) is 0 Å². The van der Waals surface area contributed by atoms with Gasteiger partial charge in [-0.3, -0.25) is 5.10 Å². The molecule has 2 aromatic rings. The average molecular weight is 234 g/mol. The zero-order chi connectivity index (χ0) is 12.3. The van der Waals surface area contributed by atoms with E-state index in [1.54, 1.807) is 7.11 Å². The summed E-state index contributed by atoms with van der Waals surface area (Å²) in [4.78, 5) is 4.05. The monoisotopic (exact) mass is 234 g/mol. The number of aromatic nitrogens is 3. The Balaban J connectivity index is 2.37. The van der Waals surface area contributed by atoms with Crippen molar-refractivity contribution in [1.82, 2.24) is 15.2 Å². The molecule has 0 aliphatic rings. The molecule has 0 unspecified atom stereocenters. The highest BCUT2D eigenvalue weighted by molar-refractivity contribution is 5.61. The van der Waals surface area contributed by atoms with Gasteiger partial charge in [-0.2, -0.15) is 4.98 Å². The second-order valence-corrected chi connectivity index (χ2v) is 3.34. The highest BCUT2D eigenvalue weighted by atomic mass is 16.5. The zero-order valence-electron chi connectivity index (χ0n) is 9.73. The lowest BCUT2D eigenvalue weighted by atomic mass is 10.2. The fraction of sp³-hybridized carbons (Fsp3) is 0.273. The van der Waals surface area contributed by atoms with Crippen LogP contribution >= 0.6 is 0 Å². The summed E-state index contributed by atoms with van der Waals surface area (Å²) in [6, 6.07) is 5.52. The number of methoxy groups -OCH3 is 1. The number of H-pyrrole nitrogens is 1. The van der Waals surface area contributed by atoms with E-state index in [-0.39, 0.29) is 5.95 Å². The SMILES string of the molecule is CCOc1ccc(-c2nc(N)n[nH]2)cc1OC. The maximum absolute atomic E-state index is 5.45. The number of aromatic amines is 1.